The lowest BCUT2D eigenvalue weighted by molar-refractivity contribution is -0.0411. The van der Waals surface area contributed by atoms with Gasteiger partial charge in [0, 0.05) is 6.61 Å². The summed E-state index contributed by atoms with van der Waals surface area (Å²) in [6.07, 6.45) is 6.15. The van der Waals surface area contributed by atoms with E-state index in [2.05, 4.69) is 25.1 Å². The van der Waals surface area contributed by atoms with Gasteiger partial charge in [-0.15, -0.1) is 0 Å². The monoisotopic (exact) mass is 330 g/mol. The van der Waals surface area contributed by atoms with Crippen LogP contribution in [0.4, 0.5) is 0 Å². The molecule has 2 N–H and O–H groups in total. The van der Waals surface area contributed by atoms with Gasteiger partial charge in [-0.05, 0) is 90.9 Å². The Hall–Kier alpha value is -1.06. The summed E-state index contributed by atoms with van der Waals surface area (Å²) in [5.41, 5.74) is 2.99. The zero-order valence-corrected chi connectivity index (χ0v) is 14.9. The second-order valence-corrected chi connectivity index (χ2v) is 8.47. The van der Waals surface area contributed by atoms with Gasteiger partial charge in [-0.1, -0.05) is 13.0 Å². The first kappa shape index (κ1) is 16.4. The van der Waals surface area contributed by atoms with E-state index in [4.69, 9.17) is 4.74 Å². The van der Waals surface area contributed by atoms with Gasteiger partial charge in [-0.25, -0.2) is 0 Å². The van der Waals surface area contributed by atoms with Gasteiger partial charge in [0.15, 0.2) is 0 Å². The summed E-state index contributed by atoms with van der Waals surface area (Å²) in [5, 5.41) is 20.2. The fourth-order valence-electron chi connectivity index (χ4n) is 6.31. The number of hydrogen-bond donors (Lipinski definition) is 2. The molecule has 4 rings (SSSR count). The van der Waals surface area contributed by atoms with Crippen molar-refractivity contribution < 1.29 is 14.9 Å². The van der Waals surface area contributed by atoms with Crippen LogP contribution in [0.2, 0.25) is 0 Å². The van der Waals surface area contributed by atoms with Gasteiger partial charge in [-0.3, -0.25) is 0 Å². The molecule has 0 amide bonds. The Kier molecular flexibility index (Phi) is 4.12. The summed E-state index contributed by atoms with van der Waals surface area (Å²) in [5.74, 6) is 3.24. The van der Waals surface area contributed by atoms with E-state index in [0.29, 0.717) is 23.7 Å². The second-order valence-electron chi connectivity index (χ2n) is 8.47. The van der Waals surface area contributed by atoms with Crippen molar-refractivity contribution in [2.45, 2.75) is 57.5 Å². The van der Waals surface area contributed by atoms with E-state index < -0.39 is 0 Å². The standard InChI is InChI=1S/C21H30O3/c1-21-9-7-17-16-4-3-15(24-2)12-14(16)11-13(8-10-22)20(17)18(21)5-6-19(21)23/h3-4,12-13,17-20,22-23H,5-11H2,1-2H3/t13?,17-,18+,19+,20-,21+/m1/s1. The fraction of sp³-hybridized carbons (Fsp3) is 0.714. The molecule has 1 unspecified atom stereocenters. The van der Waals surface area contributed by atoms with Gasteiger partial charge in [0.1, 0.15) is 5.75 Å². The molecule has 0 spiro atoms. The van der Waals surface area contributed by atoms with Crippen LogP contribution >= 0.6 is 0 Å². The van der Waals surface area contributed by atoms with Crippen LogP contribution < -0.4 is 4.74 Å². The van der Waals surface area contributed by atoms with Crippen LogP contribution in [0.25, 0.3) is 0 Å². The average Bonchev–Trinajstić information content (AvgIpc) is 2.89. The Morgan fingerprint density at radius 1 is 1.25 bits per heavy atom. The number of benzene rings is 1. The molecule has 0 heterocycles. The minimum atomic E-state index is -0.143. The topological polar surface area (TPSA) is 49.7 Å². The Bertz CT molecular complexity index is 613. The van der Waals surface area contributed by atoms with E-state index in [0.717, 1.165) is 44.3 Å². The Balaban J connectivity index is 1.74. The lowest BCUT2D eigenvalue weighted by atomic mass is 9.52. The first-order valence-corrected chi connectivity index (χ1v) is 9.54. The van der Waals surface area contributed by atoms with Crippen LogP contribution in [-0.2, 0) is 6.42 Å². The number of rotatable bonds is 3. The Morgan fingerprint density at radius 3 is 2.83 bits per heavy atom. The molecule has 132 valence electrons. The molecule has 0 aliphatic heterocycles. The van der Waals surface area contributed by atoms with Gasteiger partial charge in [0.2, 0.25) is 0 Å². The predicted octanol–water partition coefficient (Wildman–Crippen LogP) is 3.52. The zero-order valence-electron chi connectivity index (χ0n) is 14.9. The molecule has 3 aliphatic rings. The molecular formula is C21H30O3. The van der Waals surface area contributed by atoms with Gasteiger partial charge in [0.05, 0.1) is 13.2 Å². The number of fused-ring (bicyclic) bond motifs is 5. The van der Waals surface area contributed by atoms with Crippen LogP contribution in [0, 0.1) is 23.2 Å². The highest BCUT2D eigenvalue weighted by Crippen LogP contribution is 2.62. The minimum absolute atomic E-state index is 0.0822. The molecule has 3 heteroatoms. The Morgan fingerprint density at radius 2 is 2.08 bits per heavy atom. The number of aliphatic hydroxyl groups excluding tert-OH is 2. The third-order valence-electron chi connectivity index (χ3n) is 7.56. The smallest absolute Gasteiger partial charge is 0.119 e. The van der Waals surface area contributed by atoms with Crippen molar-refractivity contribution in [1.82, 2.24) is 0 Å². The third kappa shape index (κ3) is 2.32. The van der Waals surface area contributed by atoms with Crippen molar-refractivity contribution in [3.8, 4) is 5.75 Å². The molecule has 1 aromatic rings. The largest absolute Gasteiger partial charge is 0.497 e. The molecule has 24 heavy (non-hydrogen) atoms. The van der Waals surface area contributed by atoms with Crippen LogP contribution in [0.3, 0.4) is 0 Å². The molecule has 2 saturated carbocycles. The summed E-state index contributed by atoms with van der Waals surface area (Å²) >= 11 is 0. The maximum Gasteiger partial charge on any atom is 0.119 e. The Labute approximate surface area is 145 Å². The van der Waals surface area contributed by atoms with E-state index in [1.165, 1.54) is 11.1 Å². The highest BCUT2D eigenvalue weighted by Gasteiger charge is 2.56. The van der Waals surface area contributed by atoms with Crippen LogP contribution in [0.15, 0.2) is 18.2 Å². The predicted molar refractivity (Wildman–Crippen MR) is 94.2 cm³/mol. The molecule has 0 bridgehead atoms. The molecule has 3 aliphatic carbocycles. The van der Waals surface area contributed by atoms with Gasteiger partial charge < -0.3 is 14.9 Å². The lowest BCUT2D eigenvalue weighted by Crippen LogP contribution is -2.47. The van der Waals surface area contributed by atoms with Gasteiger partial charge in [-0.2, -0.15) is 0 Å². The van der Waals surface area contributed by atoms with E-state index in [1.807, 2.05) is 0 Å². The number of aliphatic hydroxyl groups is 2. The summed E-state index contributed by atoms with van der Waals surface area (Å²) in [4.78, 5) is 0. The highest BCUT2D eigenvalue weighted by atomic mass is 16.5. The highest BCUT2D eigenvalue weighted by molar-refractivity contribution is 5.41. The quantitative estimate of drug-likeness (QED) is 0.891. The molecule has 3 nitrogen and oxygen atoms in total. The minimum Gasteiger partial charge on any atom is -0.497 e. The SMILES string of the molecule is COc1ccc2c(c1)CC(CCO)[C@@H]1[C@@H]2CC[C@]2(C)[C@@H](O)CC[C@@H]12. The first-order valence-electron chi connectivity index (χ1n) is 9.54. The molecule has 0 radical (unpaired) electrons. The van der Waals surface area contributed by atoms with Crippen molar-refractivity contribution in [2.24, 2.45) is 23.2 Å². The van der Waals surface area contributed by atoms with Crippen LogP contribution in [0.1, 0.15) is 56.1 Å². The van der Waals surface area contributed by atoms with Gasteiger partial charge >= 0.3 is 0 Å². The molecule has 0 aromatic heterocycles. The van der Waals surface area contributed by atoms with E-state index >= 15 is 0 Å². The zero-order chi connectivity index (χ0) is 16.9. The number of methoxy groups -OCH3 is 1. The average molecular weight is 330 g/mol. The van der Waals surface area contributed by atoms with Crippen molar-refractivity contribution in [2.75, 3.05) is 13.7 Å². The summed E-state index contributed by atoms with van der Waals surface area (Å²) in [6, 6.07) is 6.57. The van der Waals surface area contributed by atoms with E-state index in [1.54, 1.807) is 7.11 Å². The number of ether oxygens (including phenoxy) is 1. The second kappa shape index (κ2) is 6.03. The van der Waals surface area contributed by atoms with Gasteiger partial charge in [0.25, 0.3) is 0 Å². The van der Waals surface area contributed by atoms with Crippen molar-refractivity contribution >= 4 is 0 Å². The molecule has 0 saturated heterocycles. The summed E-state index contributed by atoms with van der Waals surface area (Å²) in [7, 11) is 1.73. The summed E-state index contributed by atoms with van der Waals surface area (Å²) in [6.45, 7) is 2.57. The third-order valence-corrected chi connectivity index (χ3v) is 7.56. The fourth-order valence-corrected chi connectivity index (χ4v) is 6.31. The van der Waals surface area contributed by atoms with Crippen molar-refractivity contribution in [1.29, 1.82) is 0 Å². The van der Waals surface area contributed by atoms with Crippen LogP contribution in [-0.4, -0.2) is 30.0 Å². The summed E-state index contributed by atoms with van der Waals surface area (Å²) < 4.78 is 5.43. The van der Waals surface area contributed by atoms with Crippen LogP contribution in [0.5, 0.6) is 5.75 Å². The normalized spacial score (nSPS) is 40.6. The number of hydrogen-bond acceptors (Lipinski definition) is 3. The first-order chi connectivity index (χ1) is 11.6. The van der Waals surface area contributed by atoms with E-state index in [9.17, 15) is 10.2 Å². The van der Waals surface area contributed by atoms with Crippen molar-refractivity contribution in [3.05, 3.63) is 29.3 Å². The lowest BCUT2D eigenvalue weighted by Gasteiger charge is -2.53. The molecule has 2 fully saturated rings. The van der Waals surface area contributed by atoms with Crippen molar-refractivity contribution in [3.63, 3.8) is 0 Å². The van der Waals surface area contributed by atoms with E-state index in [-0.39, 0.29) is 18.1 Å². The molecule has 6 atom stereocenters. The maximum absolute atomic E-state index is 10.6. The molecule has 1 aromatic carbocycles. The molecular weight excluding hydrogens is 300 g/mol. The maximum atomic E-state index is 10.6.